The van der Waals surface area contributed by atoms with Gasteiger partial charge < -0.3 is 29.0 Å². The van der Waals surface area contributed by atoms with Crippen LogP contribution in [-0.2, 0) is 15.9 Å². The number of aromatic nitrogens is 3. The predicted molar refractivity (Wildman–Crippen MR) is 183 cm³/mol. The zero-order chi connectivity index (χ0) is 35.4. The average Bonchev–Trinajstić information content (AvgIpc) is 3.82. The third kappa shape index (κ3) is 6.37. The second-order valence-corrected chi connectivity index (χ2v) is 14.6. The molecule has 2 aliphatic heterocycles. The van der Waals surface area contributed by atoms with E-state index in [1.807, 2.05) is 37.5 Å². The lowest BCUT2D eigenvalue weighted by Gasteiger charge is -2.42. The lowest BCUT2D eigenvalue weighted by atomic mass is 9.94. The SMILES string of the molecule is CCc1c(F)ccc2cc(OCOC)cc(-c3ncc4c(N5C[C@H]6CC[C@@H](C5)N6C(=O)OC(C)(C)C)nc(OCC5(CO)CC5)nc4c3F)c12. The Bertz CT molecular complexity index is 1930. The van der Waals surface area contributed by atoms with Crippen LogP contribution in [0.5, 0.6) is 11.8 Å². The quantitative estimate of drug-likeness (QED) is 0.187. The fourth-order valence-electron chi connectivity index (χ4n) is 7.18. The first-order chi connectivity index (χ1) is 23.9. The number of ether oxygens (including phenoxy) is 4. The molecule has 50 heavy (non-hydrogen) atoms. The first-order valence-electron chi connectivity index (χ1n) is 17.2. The Labute approximate surface area is 289 Å². The molecule has 3 fully saturated rings. The standard InChI is InChI=1S/C37H43F2N5O6/c1-6-25-28(38)10-7-21-13-24(49-20-47-5)14-26(29(21)25)31-30(39)32-27(15-40-31)33(42-34(41-32)48-19-37(18-45)11-12-37)43-16-22-8-9-23(17-43)44(22)35(46)50-36(2,3)4/h7,10,13-15,22-23,45H,6,8-9,11-12,16-20H2,1-5H3/t22-,23+. The number of methoxy groups -OCH3 is 1. The van der Waals surface area contributed by atoms with Gasteiger partial charge in [0.1, 0.15) is 34.2 Å². The third-order valence-electron chi connectivity index (χ3n) is 9.92. The number of carbonyl (C=O) groups excluding carboxylic acids is 1. The van der Waals surface area contributed by atoms with E-state index in [1.165, 1.54) is 13.2 Å². The van der Waals surface area contributed by atoms with Crippen LogP contribution in [0.4, 0.5) is 19.4 Å². The summed E-state index contributed by atoms with van der Waals surface area (Å²) in [6.45, 7) is 8.42. The molecule has 2 aromatic heterocycles. The van der Waals surface area contributed by atoms with Gasteiger partial charge in [-0.25, -0.2) is 13.6 Å². The van der Waals surface area contributed by atoms with Crippen molar-refractivity contribution in [3.63, 3.8) is 0 Å². The molecular formula is C37H43F2N5O6. The number of anilines is 1. The number of pyridine rings is 1. The van der Waals surface area contributed by atoms with Crippen LogP contribution in [0.3, 0.4) is 0 Å². The Morgan fingerprint density at radius 1 is 1.08 bits per heavy atom. The molecule has 1 saturated carbocycles. The van der Waals surface area contributed by atoms with Crippen LogP contribution in [-0.4, -0.2) is 88.9 Å². The number of rotatable bonds is 10. The summed E-state index contributed by atoms with van der Waals surface area (Å²) in [4.78, 5) is 31.0. The van der Waals surface area contributed by atoms with Crippen LogP contribution in [0.2, 0.25) is 0 Å². The smallest absolute Gasteiger partial charge is 0.410 e. The summed E-state index contributed by atoms with van der Waals surface area (Å²) in [5.74, 6) is -0.258. The van der Waals surface area contributed by atoms with Gasteiger partial charge in [0.25, 0.3) is 0 Å². The van der Waals surface area contributed by atoms with Crippen LogP contribution in [0, 0.1) is 17.0 Å². The van der Waals surface area contributed by atoms with Gasteiger partial charge in [0, 0.05) is 37.4 Å². The van der Waals surface area contributed by atoms with Gasteiger partial charge in [0.2, 0.25) is 0 Å². The molecule has 2 saturated heterocycles. The number of benzene rings is 2. The van der Waals surface area contributed by atoms with Gasteiger partial charge in [0.15, 0.2) is 12.6 Å². The van der Waals surface area contributed by atoms with E-state index in [9.17, 15) is 9.90 Å². The zero-order valence-corrected chi connectivity index (χ0v) is 29.1. The number of hydrogen-bond donors (Lipinski definition) is 1. The van der Waals surface area contributed by atoms with Gasteiger partial charge in [0.05, 0.1) is 30.7 Å². The van der Waals surface area contributed by atoms with Crippen molar-refractivity contribution in [1.82, 2.24) is 19.9 Å². The van der Waals surface area contributed by atoms with Crippen LogP contribution in [0.25, 0.3) is 32.9 Å². The van der Waals surface area contributed by atoms with E-state index in [0.29, 0.717) is 58.4 Å². The lowest BCUT2D eigenvalue weighted by Crippen LogP contribution is -2.57. The van der Waals surface area contributed by atoms with E-state index < -0.39 is 17.2 Å². The summed E-state index contributed by atoms with van der Waals surface area (Å²) in [5.41, 5.74) is -0.223. The third-order valence-corrected chi connectivity index (χ3v) is 9.92. The van der Waals surface area contributed by atoms with Crippen LogP contribution >= 0.6 is 0 Å². The lowest BCUT2D eigenvalue weighted by molar-refractivity contribution is 0.0122. The Morgan fingerprint density at radius 3 is 2.46 bits per heavy atom. The number of hydrogen-bond acceptors (Lipinski definition) is 10. The number of piperazine rings is 1. The van der Waals surface area contributed by atoms with Crippen molar-refractivity contribution in [3.8, 4) is 23.0 Å². The van der Waals surface area contributed by atoms with E-state index in [4.69, 9.17) is 23.9 Å². The molecule has 3 aliphatic rings. The summed E-state index contributed by atoms with van der Waals surface area (Å²) >= 11 is 0. The molecule has 2 bridgehead atoms. The number of aliphatic hydroxyl groups is 1. The number of fused-ring (bicyclic) bond motifs is 4. The Hall–Kier alpha value is -4.36. The highest BCUT2D eigenvalue weighted by Gasteiger charge is 2.46. The van der Waals surface area contributed by atoms with Crippen molar-refractivity contribution in [2.24, 2.45) is 5.41 Å². The molecule has 4 aromatic rings. The molecule has 11 nitrogen and oxygen atoms in total. The largest absolute Gasteiger partial charge is 0.468 e. The molecule has 266 valence electrons. The second-order valence-electron chi connectivity index (χ2n) is 14.6. The van der Waals surface area contributed by atoms with Gasteiger partial charge in [-0.15, -0.1) is 0 Å². The molecule has 0 unspecified atom stereocenters. The Morgan fingerprint density at radius 2 is 1.82 bits per heavy atom. The number of aliphatic hydroxyl groups excluding tert-OH is 1. The average molecular weight is 692 g/mol. The molecule has 2 aromatic carbocycles. The van der Waals surface area contributed by atoms with Gasteiger partial charge in [-0.05, 0) is 87.4 Å². The number of nitrogens with zero attached hydrogens (tertiary/aromatic N) is 5. The molecule has 2 atom stereocenters. The summed E-state index contributed by atoms with van der Waals surface area (Å²) in [5, 5.41) is 11.5. The minimum atomic E-state index is -0.717. The highest BCUT2D eigenvalue weighted by atomic mass is 19.1. The highest BCUT2D eigenvalue weighted by molar-refractivity contribution is 6.02. The normalized spacial score (nSPS) is 19.7. The van der Waals surface area contributed by atoms with Crippen molar-refractivity contribution < 1.29 is 37.6 Å². The molecular weight excluding hydrogens is 648 g/mol. The fourth-order valence-corrected chi connectivity index (χ4v) is 7.18. The van der Waals surface area contributed by atoms with Crippen LogP contribution < -0.4 is 14.4 Å². The molecule has 4 heterocycles. The predicted octanol–water partition coefficient (Wildman–Crippen LogP) is 6.41. The molecule has 0 spiro atoms. The number of aryl methyl sites for hydroxylation is 1. The number of amides is 1. The fraction of sp³-hybridized carbons (Fsp3) is 0.514. The molecule has 1 aliphatic carbocycles. The van der Waals surface area contributed by atoms with Crippen molar-refractivity contribution in [3.05, 3.63) is 47.7 Å². The minimum absolute atomic E-state index is 0.00317. The molecule has 1 N–H and O–H groups in total. The maximum atomic E-state index is 17.1. The summed E-state index contributed by atoms with van der Waals surface area (Å²) in [6, 6.07) is 6.17. The van der Waals surface area contributed by atoms with E-state index in [2.05, 4.69) is 9.97 Å². The maximum absolute atomic E-state index is 17.1. The molecule has 7 rings (SSSR count). The summed E-state index contributed by atoms with van der Waals surface area (Å²) in [6.07, 6.45) is 4.80. The first kappa shape index (κ1) is 34.1. The van der Waals surface area contributed by atoms with Crippen molar-refractivity contribution in [1.29, 1.82) is 0 Å². The number of carbonyl (C=O) groups is 1. The van der Waals surface area contributed by atoms with Gasteiger partial charge in [-0.2, -0.15) is 9.97 Å². The summed E-state index contributed by atoms with van der Waals surface area (Å²) < 4.78 is 54.9. The van der Waals surface area contributed by atoms with Crippen LogP contribution in [0.15, 0.2) is 30.5 Å². The van der Waals surface area contributed by atoms with Crippen molar-refractivity contribution >= 4 is 33.6 Å². The highest BCUT2D eigenvalue weighted by Crippen LogP contribution is 2.46. The topological polar surface area (TPSA) is 119 Å². The van der Waals surface area contributed by atoms with Gasteiger partial charge >= 0.3 is 12.1 Å². The van der Waals surface area contributed by atoms with Crippen molar-refractivity contribution in [2.75, 3.05) is 45.1 Å². The van der Waals surface area contributed by atoms with Gasteiger partial charge in [-0.3, -0.25) is 9.88 Å². The zero-order valence-electron chi connectivity index (χ0n) is 29.1. The first-order valence-corrected chi connectivity index (χ1v) is 17.2. The number of halogens is 2. The van der Waals surface area contributed by atoms with E-state index in [-0.39, 0.29) is 60.8 Å². The Balaban J connectivity index is 1.34. The maximum Gasteiger partial charge on any atom is 0.410 e. The molecule has 13 heteroatoms. The van der Waals surface area contributed by atoms with Crippen molar-refractivity contribution in [2.45, 2.75) is 77.5 Å². The summed E-state index contributed by atoms with van der Waals surface area (Å²) in [7, 11) is 1.50. The monoisotopic (exact) mass is 691 g/mol. The minimum Gasteiger partial charge on any atom is -0.468 e. The van der Waals surface area contributed by atoms with E-state index in [0.717, 1.165) is 25.7 Å². The van der Waals surface area contributed by atoms with Gasteiger partial charge in [-0.1, -0.05) is 13.0 Å². The Kier molecular flexibility index (Phi) is 8.92. The van der Waals surface area contributed by atoms with E-state index >= 15 is 8.78 Å². The van der Waals surface area contributed by atoms with Crippen LogP contribution in [0.1, 0.15) is 58.9 Å². The second kappa shape index (κ2) is 13.1. The van der Waals surface area contributed by atoms with E-state index in [1.54, 1.807) is 24.4 Å². The molecule has 0 radical (unpaired) electrons. The molecule has 1 amide bonds.